The fraction of sp³-hybridized carbons (Fsp3) is 0.500. The number of H-pyrrole nitrogens is 1. The Balaban J connectivity index is 1.88. The van der Waals surface area contributed by atoms with E-state index in [9.17, 15) is 19.5 Å². The molecule has 0 spiro atoms. The number of aromatic nitrogens is 1. The van der Waals surface area contributed by atoms with Crippen LogP contribution in [0.2, 0.25) is 0 Å². The van der Waals surface area contributed by atoms with Gasteiger partial charge in [0.2, 0.25) is 0 Å². The van der Waals surface area contributed by atoms with Crippen molar-refractivity contribution in [1.82, 2.24) is 9.88 Å². The van der Waals surface area contributed by atoms with Gasteiger partial charge < -0.3 is 15.0 Å². The number of carbonyl (C=O) groups excluding carboxylic acids is 2. The Bertz CT molecular complexity index is 608. The Kier molecular flexibility index (Phi) is 3.52. The summed E-state index contributed by atoms with van der Waals surface area (Å²) in [4.78, 5) is 39.6. The van der Waals surface area contributed by atoms with Gasteiger partial charge >= 0.3 is 5.97 Å². The van der Waals surface area contributed by atoms with Gasteiger partial charge in [-0.1, -0.05) is 0 Å². The van der Waals surface area contributed by atoms with Crippen LogP contribution in [0.3, 0.4) is 0 Å². The number of aliphatic carboxylic acids is 1. The summed E-state index contributed by atoms with van der Waals surface area (Å²) in [5.41, 5.74) is 0.708. The van der Waals surface area contributed by atoms with E-state index in [1.807, 2.05) is 0 Å². The maximum atomic E-state index is 12.6. The highest BCUT2D eigenvalue weighted by Gasteiger charge is 2.48. The smallest absolute Gasteiger partial charge is 0.327 e. The lowest BCUT2D eigenvalue weighted by atomic mass is 10.2. The third-order valence-corrected chi connectivity index (χ3v) is 5.36. The molecule has 0 bridgehead atoms. The lowest BCUT2D eigenvalue weighted by Gasteiger charge is -2.26. The molecule has 2 unspecified atom stereocenters. The Morgan fingerprint density at radius 3 is 2.62 bits per heavy atom. The van der Waals surface area contributed by atoms with Gasteiger partial charge in [0.25, 0.3) is 5.91 Å². The minimum atomic E-state index is -0.975. The van der Waals surface area contributed by atoms with E-state index in [-0.39, 0.29) is 22.8 Å². The van der Waals surface area contributed by atoms with Crippen molar-refractivity contribution in [2.75, 3.05) is 5.75 Å². The number of carbonyl (C=O) groups is 3. The van der Waals surface area contributed by atoms with Gasteiger partial charge in [-0.25, -0.2) is 4.79 Å². The fourth-order valence-corrected chi connectivity index (χ4v) is 4.21. The summed E-state index contributed by atoms with van der Waals surface area (Å²) in [5.74, 6) is -0.628. The van der Waals surface area contributed by atoms with Gasteiger partial charge in [0.1, 0.15) is 11.7 Å². The van der Waals surface area contributed by atoms with Crippen LogP contribution < -0.4 is 0 Å². The van der Waals surface area contributed by atoms with Crippen LogP contribution in [0.15, 0.2) is 12.3 Å². The predicted octanol–water partition coefficient (Wildman–Crippen LogP) is 1.60. The molecule has 2 fully saturated rings. The molecule has 1 aliphatic heterocycles. The van der Waals surface area contributed by atoms with Crippen LogP contribution in [0.25, 0.3) is 0 Å². The topological polar surface area (TPSA) is 90.5 Å². The number of rotatable bonds is 4. The third kappa shape index (κ3) is 2.57. The Hall–Kier alpha value is -1.76. The van der Waals surface area contributed by atoms with E-state index < -0.39 is 12.0 Å². The lowest BCUT2D eigenvalue weighted by Crippen LogP contribution is -2.46. The average molecular weight is 308 g/mol. The van der Waals surface area contributed by atoms with E-state index in [1.54, 1.807) is 0 Å². The zero-order valence-electron chi connectivity index (χ0n) is 11.5. The molecule has 1 saturated heterocycles. The van der Waals surface area contributed by atoms with E-state index in [1.165, 1.54) is 35.8 Å². The number of nitrogens with zero attached hydrogens (tertiary/aromatic N) is 1. The molecule has 7 heteroatoms. The number of ketones is 1. The van der Waals surface area contributed by atoms with E-state index in [4.69, 9.17) is 0 Å². The molecule has 3 rings (SSSR count). The second kappa shape index (κ2) is 5.22. The molecule has 1 aromatic heterocycles. The molecule has 2 atom stereocenters. The van der Waals surface area contributed by atoms with Crippen molar-refractivity contribution in [3.63, 3.8) is 0 Å². The molecule has 1 aliphatic carbocycles. The van der Waals surface area contributed by atoms with E-state index >= 15 is 0 Å². The quantitative estimate of drug-likeness (QED) is 0.824. The molecule has 1 amide bonds. The number of amides is 1. The number of Topliss-reactive ketones (excluding diaryl/α,β-unsaturated/α-hetero) is 1. The maximum absolute atomic E-state index is 12.6. The van der Waals surface area contributed by atoms with Gasteiger partial charge in [0.05, 0.1) is 5.37 Å². The molecule has 21 heavy (non-hydrogen) atoms. The van der Waals surface area contributed by atoms with Crippen molar-refractivity contribution in [1.29, 1.82) is 0 Å². The Morgan fingerprint density at radius 2 is 2.10 bits per heavy atom. The molecular weight excluding hydrogens is 292 g/mol. The molecule has 2 heterocycles. The van der Waals surface area contributed by atoms with Crippen LogP contribution >= 0.6 is 11.8 Å². The first kappa shape index (κ1) is 14.2. The number of hydrogen-bond acceptors (Lipinski definition) is 4. The van der Waals surface area contributed by atoms with Crippen LogP contribution in [-0.2, 0) is 4.79 Å². The molecule has 1 saturated carbocycles. The minimum absolute atomic E-state index is 0.0670. The second-order valence-electron chi connectivity index (χ2n) is 5.49. The first-order chi connectivity index (χ1) is 9.99. The normalized spacial score (nSPS) is 25.1. The van der Waals surface area contributed by atoms with Gasteiger partial charge in [-0.05, 0) is 31.7 Å². The molecule has 2 aliphatic rings. The Labute approximate surface area is 125 Å². The fourth-order valence-electron chi connectivity index (χ4n) is 2.58. The number of aromatic amines is 1. The standard InChI is InChI=1S/C14H16N2O4S/c1-7(17)9-4-10(15-5-9)12(18)16-11(14(19)20)6-21-13(16)8-2-3-8/h4-5,8,11,13,15H,2-3,6H2,1H3,(H,19,20). The summed E-state index contributed by atoms with van der Waals surface area (Å²) in [6.07, 6.45) is 3.56. The maximum Gasteiger partial charge on any atom is 0.327 e. The van der Waals surface area contributed by atoms with Crippen LogP contribution in [0.5, 0.6) is 0 Å². The van der Waals surface area contributed by atoms with Crippen LogP contribution in [0, 0.1) is 5.92 Å². The highest BCUT2D eigenvalue weighted by atomic mass is 32.2. The minimum Gasteiger partial charge on any atom is -0.480 e. The summed E-state index contributed by atoms with van der Waals surface area (Å²) in [5, 5.41) is 9.25. The van der Waals surface area contributed by atoms with Crippen molar-refractivity contribution >= 4 is 29.4 Å². The first-order valence-corrected chi connectivity index (χ1v) is 7.90. The summed E-state index contributed by atoms with van der Waals surface area (Å²) in [6, 6.07) is 0.702. The second-order valence-corrected chi connectivity index (χ2v) is 6.64. The molecular formula is C14H16N2O4S. The molecule has 2 N–H and O–H groups in total. The number of carboxylic acid groups (broad SMARTS) is 1. The van der Waals surface area contributed by atoms with Gasteiger partial charge in [0.15, 0.2) is 5.78 Å². The van der Waals surface area contributed by atoms with Crippen molar-refractivity contribution in [2.45, 2.75) is 31.2 Å². The van der Waals surface area contributed by atoms with Crippen molar-refractivity contribution in [3.05, 3.63) is 23.5 Å². The van der Waals surface area contributed by atoms with Crippen molar-refractivity contribution < 1.29 is 19.5 Å². The zero-order chi connectivity index (χ0) is 15.1. The zero-order valence-corrected chi connectivity index (χ0v) is 12.4. The van der Waals surface area contributed by atoms with Gasteiger partial charge in [-0.15, -0.1) is 11.8 Å². The largest absolute Gasteiger partial charge is 0.480 e. The number of nitrogens with one attached hydrogen (secondary N) is 1. The summed E-state index contributed by atoms with van der Waals surface area (Å²) >= 11 is 1.54. The van der Waals surface area contributed by atoms with Gasteiger partial charge in [-0.3, -0.25) is 9.59 Å². The molecule has 1 aromatic rings. The SMILES string of the molecule is CC(=O)c1c[nH]c(C(=O)N2C(C(=O)O)CSC2C2CC2)c1. The van der Waals surface area contributed by atoms with Crippen molar-refractivity contribution in [2.24, 2.45) is 5.92 Å². The lowest BCUT2D eigenvalue weighted by molar-refractivity contribution is -0.141. The number of hydrogen-bond donors (Lipinski definition) is 2. The molecule has 112 valence electrons. The number of carboxylic acids is 1. The third-order valence-electron chi connectivity index (χ3n) is 3.90. The molecule has 0 aromatic carbocycles. The highest BCUT2D eigenvalue weighted by molar-refractivity contribution is 8.00. The summed E-state index contributed by atoms with van der Waals surface area (Å²) in [6.45, 7) is 1.43. The van der Waals surface area contributed by atoms with Crippen LogP contribution in [0.4, 0.5) is 0 Å². The first-order valence-electron chi connectivity index (χ1n) is 6.85. The predicted molar refractivity (Wildman–Crippen MR) is 77.4 cm³/mol. The van der Waals surface area contributed by atoms with E-state index in [2.05, 4.69) is 4.98 Å². The van der Waals surface area contributed by atoms with E-state index in [0.29, 0.717) is 17.2 Å². The van der Waals surface area contributed by atoms with Crippen LogP contribution in [-0.4, -0.2) is 49.8 Å². The summed E-state index contributed by atoms with van der Waals surface area (Å²) in [7, 11) is 0. The van der Waals surface area contributed by atoms with Gasteiger partial charge in [0, 0.05) is 17.5 Å². The number of thioether (sulfide) groups is 1. The van der Waals surface area contributed by atoms with Crippen LogP contribution in [0.1, 0.15) is 40.6 Å². The highest BCUT2D eigenvalue weighted by Crippen LogP contribution is 2.45. The monoisotopic (exact) mass is 308 g/mol. The molecule has 0 radical (unpaired) electrons. The Morgan fingerprint density at radius 1 is 1.38 bits per heavy atom. The van der Waals surface area contributed by atoms with Crippen molar-refractivity contribution in [3.8, 4) is 0 Å². The summed E-state index contributed by atoms with van der Waals surface area (Å²) < 4.78 is 0. The molecule has 6 nitrogen and oxygen atoms in total. The van der Waals surface area contributed by atoms with Gasteiger partial charge in [-0.2, -0.15) is 0 Å². The average Bonchev–Trinajstić information content (AvgIpc) is 3.01. The van der Waals surface area contributed by atoms with E-state index in [0.717, 1.165) is 12.8 Å².